The van der Waals surface area contributed by atoms with Crippen LogP contribution in [0.5, 0.6) is 0 Å². The van der Waals surface area contributed by atoms with E-state index >= 15 is 0 Å². The van der Waals surface area contributed by atoms with E-state index in [0.717, 1.165) is 29.7 Å². The lowest BCUT2D eigenvalue weighted by Crippen LogP contribution is -2.39. The van der Waals surface area contributed by atoms with Gasteiger partial charge in [0, 0.05) is 6.42 Å². The number of carbonyl (C=O) groups is 2. The quantitative estimate of drug-likeness (QED) is 0.905. The molecule has 102 valence electrons. The van der Waals surface area contributed by atoms with E-state index in [2.05, 4.69) is 0 Å². The minimum atomic E-state index is -0.918. The van der Waals surface area contributed by atoms with Crippen molar-refractivity contribution in [1.29, 1.82) is 0 Å². The molecule has 1 aliphatic rings. The van der Waals surface area contributed by atoms with Crippen LogP contribution in [0.1, 0.15) is 37.8 Å². The number of rotatable bonds is 4. The number of carboxylic acid groups (broad SMARTS) is 1. The number of aliphatic carboxylic acids is 1. The topological polar surface area (TPSA) is 57.6 Å². The zero-order chi connectivity index (χ0) is 14.0. The number of hydrogen-bond acceptors (Lipinski definition) is 2. The third-order valence-corrected chi connectivity index (χ3v) is 3.70. The Balaban J connectivity index is 2.55. The summed E-state index contributed by atoms with van der Waals surface area (Å²) in [5.74, 6) is -0.998. The van der Waals surface area contributed by atoms with E-state index in [1.807, 2.05) is 32.0 Å². The molecule has 1 heterocycles. The van der Waals surface area contributed by atoms with Crippen molar-refractivity contribution >= 4 is 17.6 Å². The molecule has 1 amide bonds. The van der Waals surface area contributed by atoms with Crippen LogP contribution in [0.15, 0.2) is 18.2 Å². The number of amides is 1. The Kier molecular flexibility index (Phi) is 3.88. The zero-order valence-electron chi connectivity index (χ0n) is 11.3. The summed E-state index contributed by atoms with van der Waals surface area (Å²) in [6.45, 7) is 4.04. The molecule has 1 unspecified atom stereocenters. The van der Waals surface area contributed by atoms with Crippen LogP contribution >= 0.6 is 0 Å². The van der Waals surface area contributed by atoms with Crippen LogP contribution in [0.2, 0.25) is 0 Å². The minimum absolute atomic E-state index is 0.0806. The number of nitrogens with zero attached hydrogens (tertiary/aromatic N) is 1. The Morgan fingerprint density at radius 2 is 1.89 bits per heavy atom. The van der Waals surface area contributed by atoms with Gasteiger partial charge < -0.3 is 5.11 Å². The molecule has 4 nitrogen and oxygen atoms in total. The van der Waals surface area contributed by atoms with Crippen molar-refractivity contribution in [2.45, 2.75) is 45.6 Å². The monoisotopic (exact) mass is 261 g/mol. The maximum atomic E-state index is 12.1. The average Bonchev–Trinajstić information content (AvgIpc) is 2.79. The van der Waals surface area contributed by atoms with E-state index in [4.69, 9.17) is 0 Å². The van der Waals surface area contributed by atoms with Crippen molar-refractivity contribution in [2.75, 3.05) is 4.90 Å². The summed E-state index contributed by atoms with van der Waals surface area (Å²) >= 11 is 0. The normalized spacial score (nSPS) is 18.9. The number of para-hydroxylation sites is 1. The molecule has 0 saturated carbocycles. The van der Waals surface area contributed by atoms with E-state index in [0.29, 0.717) is 12.8 Å². The molecule has 1 N–H and O–H groups in total. The predicted octanol–water partition coefficient (Wildman–Crippen LogP) is 2.39. The molecule has 1 fully saturated rings. The molecule has 2 rings (SSSR count). The van der Waals surface area contributed by atoms with Gasteiger partial charge in [-0.3, -0.25) is 9.69 Å². The Bertz CT molecular complexity index is 488. The van der Waals surface area contributed by atoms with E-state index < -0.39 is 12.0 Å². The van der Waals surface area contributed by atoms with Crippen LogP contribution in [-0.2, 0) is 22.4 Å². The highest BCUT2D eigenvalue weighted by atomic mass is 16.4. The van der Waals surface area contributed by atoms with Crippen molar-refractivity contribution in [3.05, 3.63) is 29.3 Å². The molecular weight excluding hydrogens is 242 g/mol. The Labute approximate surface area is 113 Å². The van der Waals surface area contributed by atoms with Gasteiger partial charge in [-0.1, -0.05) is 32.0 Å². The minimum Gasteiger partial charge on any atom is -0.480 e. The maximum Gasteiger partial charge on any atom is 0.326 e. The summed E-state index contributed by atoms with van der Waals surface area (Å²) < 4.78 is 0. The van der Waals surface area contributed by atoms with Crippen LogP contribution < -0.4 is 4.90 Å². The Morgan fingerprint density at radius 3 is 2.37 bits per heavy atom. The fourth-order valence-electron chi connectivity index (χ4n) is 2.72. The number of hydrogen-bond donors (Lipinski definition) is 1. The van der Waals surface area contributed by atoms with Gasteiger partial charge in [0.25, 0.3) is 0 Å². The van der Waals surface area contributed by atoms with Crippen LogP contribution in [0, 0.1) is 0 Å². The molecule has 1 aromatic carbocycles. The van der Waals surface area contributed by atoms with Crippen molar-refractivity contribution < 1.29 is 14.7 Å². The summed E-state index contributed by atoms with van der Waals surface area (Å²) in [6.07, 6.45) is 2.30. The van der Waals surface area contributed by atoms with Gasteiger partial charge in [-0.25, -0.2) is 4.79 Å². The molecule has 0 aliphatic carbocycles. The molecule has 1 saturated heterocycles. The summed E-state index contributed by atoms with van der Waals surface area (Å²) in [5.41, 5.74) is 2.91. The second-order valence-corrected chi connectivity index (χ2v) is 4.79. The molecule has 1 atom stereocenters. The highest BCUT2D eigenvalue weighted by Crippen LogP contribution is 2.33. The van der Waals surface area contributed by atoms with Crippen LogP contribution in [0.3, 0.4) is 0 Å². The smallest absolute Gasteiger partial charge is 0.326 e. The lowest BCUT2D eigenvalue weighted by molar-refractivity contribution is -0.138. The van der Waals surface area contributed by atoms with E-state index in [1.165, 1.54) is 4.90 Å². The van der Waals surface area contributed by atoms with Crippen LogP contribution in [0.4, 0.5) is 5.69 Å². The van der Waals surface area contributed by atoms with Gasteiger partial charge >= 0.3 is 5.97 Å². The summed E-state index contributed by atoms with van der Waals surface area (Å²) in [7, 11) is 0. The summed E-state index contributed by atoms with van der Waals surface area (Å²) in [6, 6.07) is 5.20. The van der Waals surface area contributed by atoms with Gasteiger partial charge in [0.1, 0.15) is 6.04 Å². The van der Waals surface area contributed by atoms with Crippen LogP contribution in [0.25, 0.3) is 0 Å². The SMILES string of the molecule is CCc1cccc(CC)c1N1C(=O)CCC1C(=O)O. The fourth-order valence-corrected chi connectivity index (χ4v) is 2.72. The van der Waals surface area contributed by atoms with E-state index in [9.17, 15) is 14.7 Å². The zero-order valence-corrected chi connectivity index (χ0v) is 11.3. The summed E-state index contributed by atoms with van der Waals surface area (Å²) in [5, 5.41) is 9.30. The first-order valence-electron chi connectivity index (χ1n) is 6.75. The van der Waals surface area contributed by atoms with Gasteiger partial charge in [0.05, 0.1) is 5.69 Å². The van der Waals surface area contributed by atoms with Crippen LogP contribution in [-0.4, -0.2) is 23.0 Å². The first-order chi connectivity index (χ1) is 9.10. The predicted molar refractivity (Wildman–Crippen MR) is 73.3 cm³/mol. The highest BCUT2D eigenvalue weighted by Gasteiger charge is 2.38. The lowest BCUT2D eigenvalue weighted by atomic mass is 10.0. The molecule has 0 bridgehead atoms. The van der Waals surface area contributed by atoms with E-state index in [1.54, 1.807) is 0 Å². The molecule has 0 radical (unpaired) electrons. The van der Waals surface area contributed by atoms with Gasteiger partial charge in [-0.05, 0) is 30.4 Å². The third-order valence-electron chi connectivity index (χ3n) is 3.70. The first-order valence-corrected chi connectivity index (χ1v) is 6.75. The lowest BCUT2D eigenvalue weighted by Gasteiger charge is -2.26. The first kappa shape index (κ1) is 13.6. The second kappa shape index (κ2) is 5.43. The fraction of sp³-hybridized carbons (Fsp3) is 0.467. The largest absolute Gasteiger partial charge is 0.480 e. The molecule has 1 aromatic rings. The van der Waals surface area contributed by atoms with Crippen molar-refractivity contribution in [3.8, 4) is 0 Å². The van der Waals surface area contributed by atoms with Gasteiger partial charge in [0.15, 0.2) is 0 Å². The van der Waals surface area contributed by atoms with Crippen molar-refractivity contribution in [1.82, 2.24) is 0 Å². The molecule has 4 heteroatoms. The van der Waals surface area contributed by atoms with Gasteiger partial charge in [-0.15, -0.1) is 0 Å². The second-order valence-electron chi connectivity index (χ2n) is 4.79. The Hall–Kier alpha value is -1.84. The highest BCUT2D eigenvalue weighted by molar-refractivity contribution is 6.03. The Morgan fingerprint density at radius 1 is 1.32 bits per heavy atom. The summed E-state index contributed by atoms with van der Waals surface area (Å²) in [4.78, 5) is 24.9. The molecule has 1 aliphatic heterocycles. The standard InChI is InChI=1S/C15H19NO3/c1-3-10-6-5-7-11(4-2)14(10)16-12(15(18)19)8-9-13(16)17/h5-7,12H,3-4,8-9H2,1-2H3,(H,18,19). The van der Waals surface area contributed by atoms with Gasteiger partial charge in [0.2, 0.25) is 5.91 Å². The molecule has 0 aromatic heterocycles. The molecule has 19 heavy (non-hydrogen) atoms. The number of anilines is 1. The molecular formula is C15H19NO3. The van der Waals surface area contributed by atoms with Crippen molar-refractivity contribution in [3.63, 3.8) is 0 Å². The third kappa shape index (κ3) is 2.35. The van der Waals surface area contributed by atoms with Crippen molar-refractivity contribution in [2.24, 2.45) is 0 Å². The number of benzene rings is 1. The van der Waals surface area contributed by atoms with E-state index in [-0.39, 0.29) is 5.91 Å². The number of carbonyl (C=O) groups excluding carboxylic acids is 1. The molecule has 0 spiro atoms. The average molecular weight is 261 g/mol. The van der Waals surface area contributed by atoms with Gasteiger partial charge in [-0.2, -0.15) is 0 Å². The maximum absolute atomic E-state index is 12.1. The number of aryl methyl sites for hydroxylation is 2. The number of carboxylic acids is 1.